The van der Waals surface area contributed by atoms with Gasteiger partial charge in [-0.05, 0) is 32.2 Å². The number of halogens is 1. The first-order valence-corrected chi connectivity index (χ1v) is 9.33. The van der Waals surface area contributed by atoms with Gasteiger partial charge in [-0.15, -0.1) is 12.4 Å². The molecular weight excluding hydrogens is 368 g/mol. The van der Waals surface area contributed by atoms with E-state index < -0.39 is 10.0 Å². The number of hydrogen-bond acceptors (Lipinski definition) is 6. The summed E-state index contributed by atoms with van der Waals surface area (Å²) in [7, 11) is -1.93. The quantitative estimate of drug-likeness (QED) is 0.632. The molecule has 1 aromatic carbocycles. The molecule has 1 aliphatic rings. The Hall–Kier alpha value is -1.39. The summed E-state index contributed by atoms with van der Waals surface area (Å²) in [4.78, 5) is 12.0. The lowest BCUT2D eigenvalue weighted by Crippen LogP contribution is -2.40. The molecule has 10 heteroatoms. The van der Waals surface area contributed by atoms with Gasteiger partial charge in [0.15, 0.2) is 0 Å². The molecule has 2 rings (SSSR count). The first kappa shape index (κ1) is 21.7. The zero-order chi connectivity index (χ0) is 17.6. The van der Waals surface area contributed by atoms with Crippen molar-refractivity contribution >= 4 is 39.7 Å². The van der Waals surface area contributed by atoms with Gasteiger partial charge in [0.25, 0.3) is 0 Å². The summed E-state index contributed by atoms with van der Waals surface area (Å²) in [6.45, 7) is 4.17. The molecule has 0 aliphatic carbocycles. The Morgan fingerprint density at radius 2 is 1.92 bits per heavy atom. The maximum atomic E-state index is 12.7. The van der Waals surface area contributed by atoms with Crippen LogP contribution in [0.2, 0.25) is 0 Å². The van der Waals surface area contributed by atoms with Gasteiger partial charge in [0.05, 0.1) is 36.0 Å². The molecule has 0 atom stereocenters. The highest BCUT2D eigenvalue weighted by atomic mass is 35.5. The van der Waals surface area contributed by atoms with E-state index in [1.165, 1.54) is 10.4 Å². The van der Waals surface area contributed by atoms with Gasteiger partial charge < -0.3 is 20.7 Å². The number of anilines is 2. The Balaban J connectivity index is 0.00000312. The number of hydrogen-bond donors (Lipinski definition) is 3. The molecule has 3 N–H and O–H groups in total. The van der Waals surface area contributed by atoms with E-state index in [-0.39, 0.29) is 29.8 Å². The molecule has 0 spiro atoms. The number of benzene rings is 1. The molecule has 0 saturated carbocycles. The van der Waals surface area contributed by atoms with Gasteiger partial charge in [-0.1, -0.05) is 0 Å². The smallest absolute Gasteiger partial charge is 0.243 e. The van der Waals surface area contributed by atoms with Gasteiger partial charge >= 0.3 is 0 Å². The van der Waals surface area contributed by atoms with Crippen molar-refractivity contribution in [3.8, 4) is 0 Å². The van der Waals surface area contributed by atoms with E-state index in [9.17, 15) is 13.2 Å². The highest BCUT2D eigenvalue weighted by Gasteiger charge is 2.27. The third-order valence-electron chi connectivity index (χ3n) is 3.58. The molecule has 1 saturated heterocycles. The van der Waals surface area contributed by atoms with E-state index in [2.05, 4.69) is 16.0 Å². The maximum Gasteiger partial charge on any atom is 0.243 e. The lowest BCUT2D eigenvalue weighted by molar-refractivity contribution is -0.115. The van der Waals surface area contributed by atoms with Crippen LogP contribution in [0.5, 0.6) is 0 Å². The Bertz CT molecular complexity index is 678. The molecule has 0 radical (unpaired) electrons. The Kier molecular flexibility index (Phi) is 8.60. The van der Waals surface area contributed by atoms with Gasteiger partial charge in [-0.2, -0.15) is 4.31 Å². The number of sulfonamides is 1. The molecule has 1 heterocycles. The normalized spacial score (nSPS) is 15.3. The number of carbonyl (C=O) groups is 1. The minimum absolute atomic E-state index is 0. The number of morpholine rings is 1. The minimum Gasteiger partial charge on any atom is -0.384 e. The van der Waals surface area contributed by atoms with Crippen molar-refractivity contribution in [2.45, 2.75) is 11.8 Å². The zero-order valence-electron chi connectivity index (χ0n) is 14.4. The largest absolute Gasteiger partial charge is 0.384 e. The van der Waals surface area contributed by atoms with Crippen LogP contribution in [0.1, 0.15) is 6.92 Å². The van der Waals surface area contributed by atoms with E-state index in [1.807, 2.05) is 6.92 Å². The average Bonchev–Trinajstić information content (AvgIpc) is 2.57. The lowest BCUT2D eigenvalue weighted by atomic mass is 10.2. The first-order valence-electron chi connectivity index (χ1n) is 7.89. The second-order valence-electron chi connectivity index (χ2n) is 5.33. The van der Waals surface area contributed by atoms with Crippen LogP contribution in [0, 0.1) is 0 Å². The zero-order valence-corrected chi connectivity index (χ0v) is 16.0. The predicted molar refractivity (Wildman–Crippen MR) is 100.0 cm³/mol. The highest BCUT2D eigenvalue weighted by molar-refractivity contribution is 7.89. The monoisotopic (exact) mass is 392 g/mol. The number of rotatable bonds is 7. The number of ether oxygens (including phenoxy) is 1. The first-order chi connectivity index (χ1) is 11.5. The number of nitrogens with zero attached hydrogens (tertiary/aromatic N) is 1. The van der Waals surface area contributed by atoms with Crippen LogP contribution in [-0.2, 0) is 19.6 Å². The van der Waals surface area contributed by atoms with E-state index in [0.717, 1.165) is 0 Å². The standard InChI is InChI=1S/C15H24N4O4S.ClH/c1-3-17-13-5-4-12(10-14(13)18-15(20)11-16-2)24(21,22)19-6-8-23-9-7-19;/h4-5,10,16-17H,3,6-9,11H2,1-2H3,(H,18,20);1H. The second kappa shape index (κ2) is 9.93. The Morgan fingerprint density at radius 1 is 1.24 bits per heavy atom. The van der Waals surface area contributed by atoms with Gasteiger partial charge in [0.1, 0.15) is 0 Å². The summed E-state index contributed by atoms with van der Waals surface area (Å²) in [5.41, 5.74) is 1.13. The van der Waals surface area contributed by atoms with Gasteiger partial charge in [-0.25, -0.2) is 8.42 Å². The summed E-state index contributed by atoms with van der Waals surface area (Å²) >= 11 is 0. The topological polar surface area (TPSA) is 99.8 Å². The fourth-order valence-electron chi connectivity index (χ4n) is 2.42. The van der Waals surface area contributed by atoms with Crippen LogP contribution in [0.25, 0.3) is 0 Å². The fourth-order valence-corrected chi connectivity index (χ4v) is 3.86. The second-order valence-corrected chi connectivity index (χ2v) is 7.27. The van der Waals surface area contributed by atoms with Crippen molar-refractivity contribution in [3.63, 3.8) is 0 Å². The van der Waals surface area contributed by atoms with E-state index >= 15 is 0 Å². The molecule has 1 amide bonds. The predicted octanol–water partition coefficient (Wildman–Crippen LogP) is 0.719. The van der Waals surface area contributed by atoms with E-state index in [4.69, 9.17) is 4.74 Å². The molecule has 1 aliphatic heterocycles. The molecular formula is C15H25ClN4O4S. The van der Waals surface area contributed by atoms with Gasteiger partial charge in [0, 0.05) is 19.6 Å². The van der Waals surface area contributed by atoms with E-state index in [1.54, 1.807) is 19.2 Å². The van der Waals surface area contributed by atoms with Crippen LogP contribution >= 0.6 is 12.4 Å². The minimum atomic E-state index is -3.61. The Morgan fingerprint density at radius 3 is 2.52 bits per heavy atom. The summed E-state index contributed by atoms with van der Waals surface area (Å²) in [6.07, 6.45) is 0. The van der Waals surface area contributed by atoms with Crippen LogP contribution in [0.4, 0.5) is 11.4 Å². The SMILES string of the molecule is CCNc1ccc(S(=O)(=O)N2CCOCC2)cc1NC(=O)CNC.Cl. The van der Waals surface area contributed by atoms with Crippen LogP contribution < -0.4 is 16.0 Å². The molecule has 1 fully saturated rings. The molecule has 1 aromatic rings. The number of nitrogens with one attached hydrogen (secondary N) is 3. The number of likely N-dealkylation sites (N-methyl/N-ethyl adjacent to an activating group) is 1. The third kappa shape index (κ3) is 5.55. The number of amides is 1. The molecule has 0 aromatic heterocycles. The lowest BCUT2D eigenvalue weighted by Gasteiger charge is -2.26. The summed E-state index contributed by atoms with van der Waals surface area (Å²) < 4.78 is 32.1. The van der Waals surface area contributed by atoms with Gasteiger partial charge in [-0.3, -0.25) is 4.79 Å². The average molecular weight is 393 g/mol. The fraction of sp³-hybridized carbons (Fsp3) is 0.533. The van der Waals surface area contributed by atoms with Crippen LogP contribution in [0.15, 0.2) is 23.1 Å². The van der Waals surface area contributed by atoms with Crippen LogP contribution in [0.3, 0.4) is 0 Å². The third-order valence-corrected chi connectivity index (χ3v) is 5.47. The molecule has 8 nitrogen and oxygen atoms in total. The van der Waals surface area contributed by atoms with E-state index in [0.29, 0.717) is 44.2 Å². The van der Waals surface area contributed by atoms with Crippen molar-refractivity contribution in [1.82, 2.24) is 9.62 Å². The van der Waals surface area contributed by atoms with Crippen molar-refractivity contribution < 1.29 is 17.9 Å². The summed E-state index contributed by atoms with van der Waals surface area (Å²) in [5.74, 6) is -0.238. The highest BCUT2D eigenvalue weighted by Crippen LogP contribution is 2.27. The molecule has 0 unspecified atom stereocenters. The van der Waals surface area contributed by atoms with Crippen molar-refractivity contribution in [3.05, 3.63) is 18.2 Å². The number of carbonyl (C=O) groups excluding carboxylic acids is 1. The maximum absolute atomic E-state index is 12.7. The van der Waals surface area contributed by atoms with Crippen LogP contribution in [-0.4, -0.2) is 65.1 Å². The van der Waals surface area contributed by atoms with Crippen molar-refractivity contribution in [2.75, 3.05) is 57.1 Å². The Labute approximate surface area is 154 Å². The van der Waals surface area contributed by atoms with Crippen molar-refractivity contribution in [1.29, 1.82) is 0 Å². The molecule has 25 heavy (non-hydrogen) atoms. The van der Waals surface area contributed by atoms with Gasteiger partial charge in [0.2, 0.25) is 15.9 Å². The summed E-state index contributed by atoms with van der Waals surface area (Å²) in [6, 6.07) is 4.72. The molecule has 142 valence electrons. The molecule has 0 bridgehead atoms. The summed E-state index contributed by atoms with van der Waals surface area (Å²) in [5, 5.41) is 8.62. The van der Waals surface area contributed by atoms with Crippen molar-refractivity contribution in [2.24, 2.45) is 0 Å².